The van der Waals surface area contributed by atoms with Crippen LogP contribution in [0.2, 0.25) is 0 Å². The molecule has 0 radical (unpaired) electrons. The van der Waals surface area contributed by atoms with Crippen molar-refractivity contribution >= 4 is 24.0 Å². The summed E-state index contributed by atoms with van der Waals surface area (Å²) in [5.74, 6) is -0.802. The van der Waals surface area contributed by atoms with E-state index >= 15 is 0 Å². The van der Waals surface area contributed by atoms with E-state index in [1.807, 2.05) is 13.0 Å². The molecule has 1 rings (SSSR count). The minimum absolute atomic E-state index is 0.438. The fourth-order valence-corrected chi connectivity index (χ4v) is 2.46. The third-order valence-corrected chi connectivity index (χ3v) is 3.35. The smallest absolute Gasteiger partial charge is 0.316 e. The number of hydrogen-bond acceptors (Lipinski definition) is 3. The second-order valence-electron chi connectivity index (χ2n) is 3.42. The van der Waals surface area contributed by atoms with Gasteiger partial charge in [0.15, 0.2) is 0 Å². The zero-order valence-electron chi connectivity index (χ0n) is 9.05. The number of benzene rings is 1. The zero-order valence-corrected chi connectivity index (χ0v) is 9.87. The van der Waals surface area contributed by atoms with E-state index in [0.717, 1.165) is 17.6 Å². The summed E-state index contributed by atoms with van der Waals surface area (Å²) < 4.78 is 0. The van der Waals surface area contributed by atoms with Crippen LogP contribution < -0.4 is 0 Å². The van der Waals surface area contributed by atoms with Crippen LogP contribution in [-0.4, -0.2) is 22.6 Å². The normalized spacial score (nSPS) is 12.1. The molecule has 1 aromatic carbocycles. The quantitative estimate of drug-likeness (QED) is 0.611. The van der Waals surface area contributed by atoms with Crippen molar-refractivity contribution in [3.63, 3.8) is 0 Å². The van der Waals surface area contributed by atoms with Gasteiger partial charge < -0.3 is 5.11 Å². The van der Waals surface area contributed by atoms with Gasteiger partial charge in [-0.3, -0.25) is 9.59 Å². The first-order chi connectivity index (χ1) is 7.67. The fraction of sp³-hybridized carbons (Fsp3) is 0.333. The molecule has 0 saturated heterocycles. The molecule has 0 amide bonds. The molecule has 0 aromatic heterocycles. The van der Waals surface area contributed by atoms with Crippen molar-refractivity contribution in [3.8, 4) is 0 Å². The highest BCUT2D eigenvalue weighted by molar-refractivity contribution is 8.00. The van der Waals surface area contributed by atoms with Gasteiger partial charge in [-0.1, -0.05) is 25.5 Å². The van der Waals surface area contributed by atoms with Crippen LogP contribution in [0.1, 0.15) is 30.1 Å². The Balaban J connectivity index is 2.76. The Morgan fingerprint density at radius 2 is 2.31 bits per heavy atom. The van der Waals surface area contributed by atoms with Crippen molar-refractivity contribution in [2.24, 2.45) is 0 Å². The van der Waals surface area contributed by atoms with Crippen LogP contribution >= 0.6 is 11.8 Å². The molecule has 3 nitrogen and oxygen atoms in total. The van der Waals surface area contributed by atoms with Gasteiger partial charge in [-0.15, -0.1) is 11.8 Å². The summed E-state index contributed by atoms with van der Waals surface area (Å²) in [5, 5.41) is 8.56. The minimum Gasteiger partial charge on any atom is -0.480 e. The number of carbonyl (C=O) groups is 2. The van der Waals surface area contributed by atoms with E-state index in [1.165, 1.54) is 11.8 Å². The summed E-state index contributed by atoms with van der Waals surface area (Å²) in [4.78, 5) is 22.4. The summed E-state index contributed by atoms with van der Waals surface area (Å²) in [6.07, 6.45) is 2.22. The van der Waals surface area contributed by atoms with Gasteiger partial charge in [0.05, 0.1) is 0 Å². The Kier molecular flexibility index (Phi) is 5.05. The number of hydrogen-bond donors (Lipinski definition) is 1. The predicted octanol–water partition coefficient (Wildman–Crippen LogP) is 2.84. The van der Waals surface area contributed by atoms with Gasteiger partial charge in [0.25, 0.3) is 0 Å². The average Bonchev–Trinajstić information content (AvgIpc) is 2.28. The lowest BCUT2D eigenvalue weighted by Gasteiger charge is -2.10. The maximum atomic E-state index is 11.0. The Labute approximate surface area is 98.9 Å². The minimum atomic E-state index is -0.802. The van der Waals surface area contributed by atoms with E-state index in [1.54, 1.807) is 18.2 Å². The average molecular weight is 238 g/mol. The van der Waals surface area contributed by atoms with E-state index in [4.69, 9.17) is 5.11 Å². The first-order valence-electron chi connectivity index (χ1n) is 5.12. The standard InChI is InChI=1S/C12H14O3S/c1-2-4-11(12(14)15)16-10-6-3-5-9(7-10)8-13/h3,5-8,11H,2,4H2,1H3,(H,14,15). The van der Waals surface area contributed by atoms with Crippen LogP contribution in [0.4, 0.5) is 0 Å². The second kappa shape index (κ2) is 6.33. The Bertz CT molecular complexity index is 376. The number of aliphatic carboxylic acids is 1. The highest BCUT2D eigenvalue weighted by Crippen LogP contribution is 2.26. The summed E-state index contributed by atoms with van der Waals surface area (Å²) in [6.45, 7) is 1.96. The molecule has 0 aliphatic rings. The fourth-order valence-electron chi connectivity index (χ4n) is 1.32. The lowest BCUT2D eigenvalue weighted by atomic mass is 10.2. The van der Waals surface area contributed by atoms with E-state index in [9.17, 15) is 9.59 Å². The monoisotopic (exact) mass is 238 g/mol. The Morgan fingerprint density at radius 3 is 2.88 bits per heavy atom. The number of thioether (sulfide) groups is 1. The number of aldehydes is 1. The second-order valence-corrected chi connectivity index (χ2v) is 4.70. The van der Waals surface area contributed by atoms with Gasteiger partial charge in [0.2, 0.25) is 0 Å². The maximum absolute atomic E-state index is 11.0. The van der Waals surface area contributed by atoms with Crippen LogP contribution in [0, 0.1) is 0 Å². The first kappa shape index (κ1) is 12.8. The molecule has 0 aliphatic heterocycles. The van der Waals surface area contributed by atoms with Crippen molar-refractivity contribution in [1.82, 2.24) is 0 Å². The lowest BCUT2D eigenvalue weighted by molar-refractivity contribution is -0.136. The Hall–Kier alpha value is -1.29. The molecule has 0 aliphatic carbocycles. The molecule has 86 valence electrons. The van der Waals surface area contributed by atoms with Crippen LogP contribution in [-0.2, 0) is 4.79 Å². The largest absolute Gasteiger partial charge is 0.480 e. The van der Waals surface area contributed by atoms with Crippen LogP contribution in [0.3, 0.4) is 0 Å². The highest BCUT2D eigenvalue weighted by Gasteiger charge is 2.17. The zero-order chi connectivity index (χ0) is 12.0. The molecule has 0 fully saturated rings. The third kappa shape index (κ3) is 3.70. The number of carboxylic acid groups (broad SMARTS) is 1. The SMILES string of the molecule is CCCC(Sc1cccc(C=O)c1)C(=O)O. The van der Waals surface area contributed by atoms with Gasteiger partial charge in [0, 0.05) is 10.5 Å². The lowest BCUT2D eigenvalue weighted by Crippen LogP contribution is -2.15. The molecule has 0 saturated carbocycles. The molecule has 1 atom stereocenters. The number of carbonyl (C=O) groups excluding carboxylic acids is 1. The van der Waals surface area contributed by atoms with E-state index in [-0.39, 0.29) is 0 Å². The molecule has 1 aromatic rings. The maximum Gasteiger partial charge on any atom is 0.316 e. The topological polar surface area (TPSA) is 54.4 Å². The third-order valence-electron chi connectivity index (χ3n) is 2.10. The molecular weight excluding hydrogens is 224 g/mol. The molecule has 16 heavy (non-hydrogen) atoms. The number of carboxylic acids is 1. The number of rotatable bonds is 6. The van der Waals surface area contributed by atoms with Crippen LogP contribution in [0.5, 0.6) is 0 Å². The van der Waals surface area contributed by atoms with Gasteiger partial charge >= 0.3 is 5.97 Å². The summed E-state index contributed by atoms with van der Waals surface area (Å²) in [7, 11) is 0. The van der Waals surface area contributed by atoms with Crippen molar-refractivity contribution in [2.75, 3.05) is 0 Å². The van der Waals surface area contributed by atoms with Gasteiger partial charge in [0.1, 0.15) is 11.5 Å². The summed E-state index contributed by atoms with van der Waals surface area (Å²) in [5.41, 5.74) is 0.575. The van der Waals surface area contributed by atoms with E-state index in [0.29, 0.717) is 12.0 Å². The van der Waals surface area contributed by atoms with Gasteiger partial charge in [-0.25, -0.2) is 0 Å². The molecule has 0 spiro atoms. The molecule has 0 bridgehead atoms. The van der Waals surface area contributed by atoms with Gasteiger partial charge in [-0.05, 0) is 18.6 Å². The van der Waals surface area contributed by atoms with Crippen molar-refractivity contribution in [3.05, 3.63) is 29.8 Å². The van der Waals surface area contributed by atoms with Crippen LogP contribution in [0.25, 0.3) is 0 Å². The van der Waals surface area contributed by atoms with E-state index in [2.05, 4.69) is 0 Å². The van der Waals surface area contributed by atoms with Crippen molar-refractivity contribution in [2.45, 2.75) is 29.9 Å². The first-order valence-corrected chi connectivity index (χ1v) is 6.00. The molecule has 1 unspecified atom stereocenters. The van der Waals surface area contributed by atoms with Crippen molar-refractivity contribution < 1.29 is 14.7 Å². The highest BCUT2D eigenvalue weighted by atomic mass is 32.2. The van der Waals surface area contributed by atoms with E-state index < -0.39 is 11.2 Å². The van der Waals surface area contributed by atoms with Crippen LogP contribution in [0.15, 0.2) is 29.2 Å². The molecule has 0 heterocycles. The summed E-state index contributed by atoms with van der Waals surface area (Å²) in [6, 6.07) is 7.00. The van der Waals surface area contributed by atoms with Gasteiger partial charge in [-0.2, -0.15) is 0 Å². The molecule has 4 heteroatoms. The molecular formula is C12H14O3S. The van der Waals surface area contributed by atoms with Crippen molar-refractivity contribution in [1.29, 1.82) is 0 Å². The predicted molar refractivity (Wildman–Crippen MR) is 64.0 cm³/mol. The Morgan fingerprint density at radius 1 is 1.56 bits per heavy atom. The molecule has 1 N–H and O–H groups in total. The summed E-state index contributed by atoms with van der Waals surface area (Å²) >= 11 is 1.29.